The number of pyridine rings is 1. The number of amides is 2. The molecule has 0 spiro atoms. The highest BCUT2D eigenvalue weighted by Crippen LogP contribution is 2.19. The van der Waals surface area contributed by atoms with Gasteiger partial charge in [-0.05, 0) is 30.3 Å². The molecule has 0 atom stereocenters. The summed E-state index contributed by atoms with van der Waals surface area (Å²) in [7, 11) is 0. The standard InChI is InChI=1S/C15H11N3O2S/c16-14(19)11-6-7-12(21-11)15(20)18-13-8-5-9-3-1-2-4-10(9)17-13/h1-8H,(H2,16,19)(H,17,18,20). The molecular weight excluding hydrogens is 286 g/mol. The zero-order valence-corrected chi connectivity index (χ0v) is 11.7. The van der Waals surface area contributed by atoms with E-state index in [1.165, 1.54) is 6.07 Å². The molecule has 6 heteroatoms. The largest absolute Gasteiger partial charge is 0.365 e. The van der Waals surface area contributed by atoms with E-state index < -0.39 is 5.91 Å². The third-order valence-electron chi connectivity index (χ3n) is 2.91. The van der Waals surface area contributed by atoms with Crippen LogP contribution in [0.15, 0.2) is 48.5 Å². The Labute approximate surface area is 124 Å². The molecule has 3 N–H and O–H groups in total. The zero-order chi connectivity index (χ0) is 14.8. The van der Waals surface area contributed by atoms with Crippen LogP contribution in [0.4, 0.5) is 5.82 Å². The smallest absolute Gasteiger partial charge is 0.266 e. The molecule has 0 aliphatic carbocycles. The number of aromatic nitrogens is 1. The van der Waals surface area contributed by atoms with Crippen molar-refractivity contribution < 1.29 is 9.59 Å². The molecule has 5 nitrogen and oxygen atoms in total. The lowest BCUT2D eigenvalue weighted by Crippen LogP contribution is -2.11. The summed E-state index contributed by atoms with van der Waals surface area (Å²) in [6, 6.07) is 14.4. The number of anilines is 1. The molecule has 104 valence electrons. The number of fused-ring (bicyclic) bond motifs is 1. The lowest BCUT2D eigenvalue weighted by Gasteiger charge is -2.04. The number of hydrogen-bond acceptors (Lipinski definition) is 4. The van der Waals surface area contributed by atoms with Gasteiger partial charge in [-0.15, -0.1) is 11.3 Å². The monoisotopic (exact) mass is 297 g/mol. The van der Waals surface area contributed by atoms with E-state index in [1.807, 2.05) is 30.3 Å². The fraction of sp³-hybridized carbons (Fsp3) is 0. The minimum atomic E-state index is -0.539. The number of rotatable bonds is 3. The van der Waals surface area contributed by atoms with Crippen LogP contribution >= 0.6 is 11.3 Å². The minimum Gasteiger partial charge on any atom is -0.365 e. The number of para-hydroxylation sites is 1. The van der Waals surface area contributed by atoms with Crippen LogP contribution in [0.3, 0.4) is 0 Å². The molecule has 21 heavy (non-hydrogen) atoms. The Hall–Kier alpha value is -2.73. The molecule has 0 bridgehead atoms. The first-order valence-corrected chi connectivity index (χ1v) is 7.02. The topological polar surface area (TPSA) is 85.1 Å². The summed E-state index contributed by atoms with van der Waals surface area (Å²) >= 11 is 1.06. The molecule has 2 heterocycles. The fourth-order valence-electron chi connectivity index (χ4n) is 1.91. The highest BCUT2D eigenvalue weighted by atomic mass is 32.1. The first-order valence-electron chi connectivity index (χ1n) is 6.20. The van der Waals surface area contributed by atoms with Gasteiger partial charge in [-0.1, -0.05) is 18.2 Å². The number of nitrogens with one attached hydrogen (secondary N) is 1. The second-order valence-corrected chi connectivity index (χ2v) is 5.46. The van der Waals surface area contributed by atoms with Crippen molar-refractivity contribution in [2.45, 2.75) is 0 Å². The quantitative estimate of drug-likeness (QED) is 0.779. The summed E-state index contributed by atoms with van der Waals surface area (Å²) in [6.07, 6.45) is 0. The SMILES string of the molecule is NC(=O)c1ccc(C(=O)Nc2ccc3ccccc3n2)s1. The number of nitrogens with two attached hydrogens (primary N) is 1. The molecule has 0 saturated heterocycles. The van der Waals surface area contributed by atoms with E-state index in [4.69, 9.17) is 5.73 Å². The van der Waals surface area contributed by atoms with Crippen LogP contribution in [0.2, 0.25) is 0 Å². The van der Waals surface area contributed by atoms with Crippen LogP contribution in [0.1, 0.15) is 19.3 Å². The molecule has 0 aliphatic heterocycles. The lowest BCUT2D eigenvalue weighted by molar-refractivity contribution is 0.100. The number of benzene rings is 1. The van der Waals surface area contributed by atoms with Gasteiger partial charge in [-0.25, -0.2) is 4.98 Å². The van der Waals surface area contributed by atoms with E-state index in [1.54, 1.807) is 12.1 Å². The number of primary amides is 1. The van der Waals surface area contributed by atoms with Gasteiger partial charge < -0.3 is 11.1 Å². The summed E-state index contributed by atoms with van der Waals surface area (Å²) in [5.41, 5.74) is 5.97. The summed E-state index contributed by atoms with van der Waals surface area (Å²) in [5, 5.41) is 3.71. The van der Waals surface area contributed by atoms with Crippen LogP contribution in [0, 0.1) is 0 Å². The Morgan fingerprint density at radius 2 is 1.76 bits per heavy atom. The van der Waals surface area contributed by atoms with E-state index in [0.717, 1.165) is 22.2 Å². The Kier molecular flexibility index (Phi) is 3.37. The Balaban J connectivity index is 1.83. The maximum atomic E-state index is 12.1. The van der Waals surface area contributed by atoms with Crippen molar-refractivity contribution in [2.24, 2.45) is 5.73 Å². The van der Waals surface area contributed by atoms with Crippen molar-refractivity contribution in [2.75, 3.05) is 5.32 Å². The third kappa shape index (κ3) is 2.75. The number of thiophene rings is 1. The van der Waals surface area contributed by atoms with E-state index in [0.29, 0.717) is 15.6 Å². The van der Waals surface area contributed by atoms with E-state index in [9.17, 15) is 9.59 Å². The van der Waals surface area contributed by atoms with Crippen molar-refractivity contribution in [3.05, 3.63) is 58.3 Å². The number of carbonyl (C=O) groups excluding carboxylic acids is 2. The molecule has 1 aromatic carbocycles. The summed E-state index contributed by atoms with van der Waals surface area (Å²) in [4.78, 5) is 28.3. The second kappa shape index (κ2) is 5.34. The predicted octanol–water partition coefficient (Wildman–Crippen LogP) is 2.65. The van der Waals surface area contributed by atoms with Crippen LogP contribution in [0.5, 0.6) is 0 Å². The molecular formula is C15H11N3O2S. The molecule has 3 rings (SSSR count). The Bertz CT molecular complexity index is 842. The first-order chi connectivity index (χ1) is 10.1. The van der Waals surface area contributed by atoms with Gasteiger partial charge in [-0.3, -0.25) is 9.59 Å². The van der Waals surface area contributed by atoms with Gasteiger partial charge in [0.15, 0.2) is 0 Å². The van der Waals surface area contributed by atoms with Gasteiger partial charge in [0.2, 0.25) is 0 Å². The van der Waals surface area contributed by atoms with Crippen molar-refractivity contribution >= 4 is 39.9 Å². The summed E-state index contributed by atoms with van der Waals surface area (Å²) in [5.74, 6) is -0.383. The van der Waals surface area contributed by atoms with Gasteiger partial charge in [0.1, 0.15) is 5.82 Å². The van der Waals surface area contributed by atoms with E-state index >= 15 is 0 Å². The van der Waals surface area contributed by atoms with Gasteiger partial charge >= 0.3 is 0 Å². The maximum absolute atomic E-state index is 12.1. The average Bonchev–Trinajstić information content (AvgIpc) is 2.97. The van der Waals surface area contributed by atoms with Gasteiger partial charge in [0.25, 0.3) is 11.8 Å². The molecule has 2 amide bonds. The van der Waals surface area contributed by atoms with Crippen molar-refractivity contribution in [1.82, 2.24) is 4.98 Å². The van der Waals surface area contributed by atoms with Crippen LogP contribution in [-0.4, -0.2) is 16.8 Å². The average molecular weight is 297 g/mol. The third-order valence-corrected chi connectivity index (χ3v) is 4.01. The lowest BCUT2D eigenvalue weighted by atomic mass is 10.2. The molecule has 2 aromatic heterocycles. The van der Waals surface area contributed by atoms with Gasteiger partial charge in [0.05, 0.1) is 15.3 Å². The van der Waals surface area contributed by atoms with Crippen molar-refractivity contribution in [3.8, 4) is 0 Å². The number of nitrogens with zero attached hydrogens (tertiary/aromatic N) is 1. The van der Waals surface area contributed by atoms with Crippen molar-refractivity contribution in [1.29, 1.82) is 0 Å². The molecule has 3 aromatic rings. The summed E-state index contributed by atoms with van der Waals surface area (Å²) < 4.78 is 0. The Morgan fingerprint density at radius 1 is 1.00 bits per heavy atom. The van der Waals surface area contributed by atoms with E-state index in [2.05, 4.69) is 10.3 Å². The van der Waals surface area contributed by atoms with Gasteiger partial charge in [-0.2, -0.15) is 0 Å². The Morgan fingerprint density at radius 3 is 2.52 bits per heavy atom. The second-order valence-electron chi connectivity index (χ2n) is 4.37. The maximum Gasteiger partial charge on any atom is 0.266 e. The molecule has 0 radical (unpaired) electrons. The molecule has 0 fully saturated rings. The summed E-state index contributed by atoms with van der Waals surface area (Å²) in [6.45, 7) is 0. The first kappa shape index (κ1) is 13.3. The number of hydrogen-bond donors (Lipinski definition) is 2. The highest BCUT2D eigenvalue weighted by molar-refractivity contribution is 7.16. The van der Waals surface area contributed by atoms with Crippen molar-refractivity contribution in [3.63, 3.8) is 0 Å². The van der Waals surface area contributed by atoms with E-state index in [-0.39, 0.29) is 5.91 Å². The molecule has 0 aliphatic rings. The van der Waals surface area contributed by atoms with Crippen LogP contribution in [-0.2, 0) is 0 Å². The van der Waals surface area contributed by atoms with Crippen LogP contribution in [0.25, 0.3) is 10.9 Å². The molecule has 0 unspecified atom stereocenters. The highest BCUT2D eigenvalue weighted by Gasteiger charge is 2.12. The number of carbonyl (C=O) groups is 2. The van der Waals surface area contributed by atoms with Gasteiger partial charge in [0, 0.05) is 5.39 Å². The van der Waals surface area contributed by atoms with Crippen LogP contribution < -0.4 is 11.1 Å². The zero-order valence-electron chi connectivity index (χ0n) is 10.9. The normalized spacial score (nSPS) is 10.5. The predicted molar refractivity (Wildman–Crippen MR) is 82.5 cm³/mol. The fourth-order valence-corrected chi connectivity index (χ4v) is 2.66. The minimum absolute atomic E-state index is 0.310. The molecule has 0 saturated carbocycles.